The van der Waals surface area contributed by atoms with E-state index in [0.717, 1.165) is 24.2 Å². The molecule has 0 N–H and O–H groups in total. The van der Waals surface area contributed by atoms with Crippen LogP contribution in [0, 0.1) is 11.8 Å². The van der Waals surface area contributed by atoms with Gasteiger partial charge in [-0.3, -0.25) is 0 Å². The van der Waals surface area contributed by atoms with E-state index in [-0.39, 0.29) is 0 Å². The molecule has 0 spiro atoms. The Morgan fingerprint density at radius 2 is 1.80 bits per heavy atom. The Morgan fingerprint density at radius 3 is 2.44 bits per heavy atom. The zero-order valence-electron chi connectivity index (χ0n) is 16.7. The number of hydrogen-bond donors (Lipinski definition) is 0. The molecule has 1 aromatic carbocycles. The highest BCUT2D eigenvalue weighted by molar-refractivity contribution is 5.66. The van der Waals surface area contributed by atoms with Gasteiger partial charge in [-0.2, -0.15) is 0 Å². The minimum atomic E-state index is 0.850. The van der Waals surface area contributed by atoms with Crippen molar-refractivity contribution in [2.24, 2.45) is 11.8 Å². The third-order valence-corrected chi connectivity index (χ3v) is 5.69. The highest BCUT2D eigenvalue weighted by Crippen LogP contribution is 2.34. The van der Waals surface area contributed by atoms with Gasteiger partial charge in [-0.1, -0.05) is 71.1 Å². The third-order valence-electron chi connectivity index (χ3n) is 5.69. The largest absolute Gasteiger partial charge is 0.494 e. The highest BCUT2D eigenvalue weighted by Gasteiger charge is 2.17. The normalized spacial score (nSPS) is 18.7. The molecule has 140 valence electrons. The van der Waals surface area contributed by atoms with E-state index in [0.29, 0.717) is 0 Å². The van der Waals surface area contributed by atoms with Gasteiger partial charge in [-0.25, -0.2) is 0 Å². The molecule has 0 bridgehead atoms. The Kier molecular flexibility index (Phi) is 9.15. The molecule has 2 unspecified atom stereocenters. The summed E-state index contributed by atoms with van der Waals surface area (Å²) in [6, 6.07) is 8.78. The summed E-state index contributed by atoms with van der Waals surface area (Å²) in [6.45, 7) is 7.81. The number of ether oxygens (including phenoxy) is 1. The summed E-state index contributed by atoms with van der Waals surface area (Å²) in [5.74, 6) is 2.79. The van der Waals surface area contributed by atoms with E-state index in [4.69, 9.17) is 4.74 Å². The van der Waals surface area contributed by atoms with Crippen LogP contribution < -0.4 is 4.74 Å². The van der Waals surface area contributed by atoms with E-state index in [9.17, 15) is 0 Å². The SMILES string of the molecule is CCCCCCCOc1ccc(C2=CCC(CC(C)CC)CC2)cc1. The van der Waals surface area contributed by atoms with Gasteiger partial charge in [0.2, 0.25) is 0 Å². The van der Waals surface area contributed by atoms with Crippen LogP contribution in [-0.2, 0) is 0 Å². The number of allylic oxidation sites excluding steroid dienone is 2. The minimum Gasteiger partial charge on any atom is -0.494 e. The van der Waals surface area contributed by atoms with Gasteiger partial charge in [-0.05, 0) is 67.2 Å². The first-order valence-corrected chi connectivity index (χ1v) is 10.6. The Hall–Kier alpha value is -1.24. The lowest BCUT2D eigenvalue weighted by Crippen LogP contribution is -2.09. The molecule has 1 aliphatic rings. The summed E-state index contributed by atoms with van der Waals surface area (Å²) in [6.07, 6.45) is 15.5. The molecule has 1 aromatic rings. The summed E-state index contributed by atoms with van der Waals surface area (Å²) >= 11 is 0. The van der Waals surface area contributed by atoms with Gasteiger partial charge >= 0.3 is 0 Å². The monoisotopic (exact) mass is 342 g/mol. The number of unbranched alkanes of at least 4 members (excludes halogenated alkanes) is 4. The van der Waals surface area contributed by atoms with Crippen LogP contribution in [-0.4, -0.2) is 6.61 Å². The van der Waals surface area contributed by atoms with E-state index in [1.165, 1.54) is 75.3 Å². The molecular formula is C24H38O. The van der Waals surface area contributed by atoms with Crippen molar-refractivity contribution in [3.63, 3.8) is 0 Å². The number of hydrogen-bond acceptors (Lipinski definition) is 1. The maximum atomic E-state index is 5.88. The van der Waals surface area contributed by atoms with Crippen molar-refractivity contribution in [1.82, 2.24) is 0 Å². The smallest absolute Gasteiger partial charge is 0.119 e. The molecule has 2 atom stereocenters. The van der Waals surface area contributed by atoms with E-state index in [1.807, 2.05) is 0 Å². The predicted molar refractivity (Wildman–Crippen MR) is 110 cm³/mol. The minimum absolute atomic E-state index is 0.850. The molecular weight excluding hydrogens is 304 g/mol. The summed E-state index contributed by atoms with van der Waals surface area (Å²) < 4.78 is 5.88. The second-order valence-corrected chi connectivity index (χ2v) is 7.91. The molecule has 0 fully saturated rings. The van der Waals surface area contributed by atoms with Crippen LogP contribution in [0.5, 0.6) is 5.75 Å². The van der Waals surface area contributed by atoms with Gasteiger partial charge < -0.3 is 4.74 Å². The van der Waals surface area contributed by atoms with Gasteiger partial charge in [0.25, 0.3) is 0 Å². The fourth-order valence-corrected chi connectivity index (χ4v) is 3.76. The van der Waals surface area contributed by atoms with Crippen LogP contribution >= 0.6 is 0 Å². The highest BCUT2D eigenvalue weighted by atomic mass is 16.5. The zero-order chi connectivity index (χ0) is 17.9. The molecule has 0 radical (unpaired) electrons. The lowest BCUT2D eigenvalue weighted by molar-refractivity contribution is 0.304. The molecule has 0 aromatic heterocycles. The fraction of sp³-hybridized carbons (Fsp3) is 0.667. The van der Waals surface area contributed by atoms with Gasteiger partial charge in [0.05, 0.1) is 6.61 Å². The van der Waals surface area contributed by atoms with Crippen molar-refractivity contribution >= 4 is 5.57 Å². The number of benzene rings is 1. The van der Waals surface area contributed by atoms with Gasteiger partial charge in [-0.15, -0.1) is 0 Å². The van der Waals surface area contributed by atoms with Crippen molar-refractivity contribution < 1.29 is 4.74 Å². The standard InChI is InChI=1S/C24H38O/c1-4-6-7-8-9-18-25-24-16-14-23(15-17-24)22-12-10-21(11-13-22)19-20(3)5-2/h12,14-17,20-21H,4-11,13,18-19H2,1-3H3. The summed E-state index contributed by atoms with van der Waals surface area (Å²) in [5, 5.41) is 0. The Balaban J connectivity index is 1.74. The number of rotatable bonds is 11. The first-order chi connectivity index (χ1) is 12.2. The fourth-order valence-electron chi connectivity index (χ4n) is 3.76. The first kappa shape index (κ1) is 20.1. The second kappa shape index (κ2) is 11.4. The Labute approximate surface area is 155 Å². The van der Waals surface area contributed by atoms with Crippen LogP contribution in [0.1, 0.15) is 90.5 Å². The molecule has 1 nitrogen and oxygen atoms in total. The predicted octanol–water partition coefficient (Wildman–Crippen LogP) is 7.66. The van der Waals surface area contributed by atoms with Crippen molar-refractivity contribution in [1.29, 1.82) is 0 Å². The molecule has 25 heavy (non-hydrogen) atoms. The quantitative estimate of drug-likeness (QED) is 0.375. The van der Waals surface area contributed by atoms with E-state index >= 15 is 0 Å². The molecule has 0 saturated heterocycles. The summed E-state index contributed by atoms with van der Waals surface area (Å²) in [4.78, 5) is 0. The molecule has 0 amide bonds. The molecule has 0 heterocycles. The third kappa shape index (κ3) is 7.26. The second-order valence-electron chi connectivity index (χ2n) is 7.91. The first-order valence-electron chi connectivity index (χ1n) is 10.6. The lowest BCUT2D eigenvalue weighted by atomic mass is 9.81. The lowest BCUT2D eigenvalue weighted by Gasteiger charge is -2.24. The maximum Gasteiger partial charge on any atom is 0.119 e. The topological polar surface area (TPSA) is 9.23 Å². The zero-order valence-corrected chi connectivity index (χ0v) is 16.7. The van der Waals surface area contributed by atoms with Crippen LogP contribution in [0.25, 0.3) is 5.57 Å². The summed E-state index contributed by atoms with van der Waals surface area (Å²) in [5.41, 5.74) is 2.92. The van der Waals surface area contributed by atoms with E-state index in [1.54, 1.807) is 0 Å². The molecule has 1 aliphatic carbocycles. The molecule has 1 heteroatoms. The van der Waals surface area contributed by atoms with Crippen molar-refractivity contribution in [3.05, 3.63) is 35.9 Å². The Morgan fingerprint density at radius 1 is 1.04 bits per heavy atom. The maximum absolute atomic E-state index is 5.88. The van der Waals surface area contributed by atoms with Gasteiger partial charge in [0, 0.05) is 0 Å². The Bertz CT molecular complexity index is 499. The molecule has 0 aliphatic heterocycles. The molecule has 0 saturated carbocycles. The van der Waals surface area contributed by atoms with Crippen LogP contribution in [0.3, 0.4) is 0 Å². The van der Waals surface area contributed by atoms with Crippen LogP contribution in [0.4, 0.5) is 0 Å². The van der Waals surface area contributed by atoms with Crippen molar-refractivity contribution in [2.45, 2.75) is 85.0 Å². The van der Waals surface area contributed by atoms with Crippen molar-refractivity contribution in [3.8, 4) is 5.75 Å². The summed E-state index contributed by atoms with van der Waals surface area (Å²) in [7, 11) is 0. The van der Waals surface area contributed by atoms with Gasteiger partial charge in [0.1, 0.15) is 5.75 Å². The van der Waals surface area contributed by atoms with Crippen LogP contribution in [0.15, 0.2) is 30.3 Å². The van der Waals surface area contributed by atoms with Gasteiger partial charge in [0.15, 0.2) is 0 Å². The average molecular weight is 343 g/mol. The van der Waals surface area contributed by atoms with E-state index < -0.39 is 0 Å². The van der Waals surface area contributed by atoms with E-state index in [2.05, 4.69) is 51.1 Å². The molecule has 2 rings (SSSR count). The van der Waals surface area contributed by atoms with Crippen molar-refractivity contribution in [2.75, 3.05) is 6.61 Å². The van der Waals surface area contributed by atoms with Crippen LogP contribution in [0.2, 0.25) is 0 Å². The average Bonchev–Trinajstić information content (AvgIpc) is 2.65.